The van der Waals surface area contributed by atoms with Gasteiger partial charge in [0.25, 0.3) is 5.56 Å². The zero-order chi connectivity index (χ0) is 20.5. The summed E-state index contributed by atoms with van der Waals surface area (Å²) in [5.41, 5.74) is 11.8. The van der Waals surface area contributed by atoms with E-state index in [1.54, 1.807) is 43.5 Å². The van der Waals surface area contributed by atoms with E-state index >= 15 is 0 Å². The summed E-state index contributed by atoms with van der Waals surface area (Å²) in [5, 5.41) is 19.6. The summed E-state index contributed by atoms with van der Waals surface area (Å²) in [4.78, 5) is 25.7. The fourth-order valence-electron chi connectivity index (χ4n) is 3.03. The van der Waals surface area contributed by atoms with Crippen LogP contribution in [-0.2, 0) is 0 Å². The number of anilines is 3. The number of hydrogen-bond donors (Lipinski definition) is 4. The highest BCUT2D eigenvalue weighted by Gasteiger charge is 2.21. The van der Waals surface area contributed by atoms with Gasteiger partial charge in [0.15, 0.2) is 5.82 Å². The van der Waals surface area contributed by atoms with Crippen molar-refractivity contribution in [3.63, 3.8) is 0 Å². The summed E-state index contributed by atoms with van der Waals surface area (Å²) in [6, 6.07) is 10.1. The summed E-state index contributed by atoms with van der Waals surface area (Å²) in [6.45, 7) is 1.78. The maximum Gasteiger partial charge on any atom is 0.267 e. The van der Waals surface area contributed by atoms with E-state index in [4.69, 9.17) is 11.5 Å². The van der Waals surface area contributed by atoms with Gasteiger partial charge in [-0.25, -0.2) is 9.55 Å². The van der Waals surface area contributed by atoms with Gasteiger partial charge in [-0.3, -0.25) is 9.89 Å². The van der Waals surface area contributed by atoms with Crippen molar-refractivity contribution in [2.24, 2.45) is 0 Å². The Morgan fingerprint density at radius 2 is 2.00 bits per heavy atom. The molecule has 0 bridgehead atoms. The first-order chi connectivity index (χ1) is 14.0. The van der Waals surface area contributed by atoms with Gasteiger partial charge in [-0.1, -0.05) is 12.1 Å². The highest BCUT2D eigenvalue weighted by Crippen LogP contribution is 2.24. The zero-order valence-electron chi connectivity index (χ0n) is 15.3. The van der Waals surface area contributed by atoms with E-state index < -0.39 is 6.04 Å². The molecule has 1 atom stereocenters. The first-order valence-electron chi connectivity index (χ1n) is 8.60. The van der Waals surface area contributed by atoms with Crippen LogP contribution in [0.2, 0.25) is 0 Å². The first kappa shape index (κ1) is 17.9. The van der Waals surface area contributed by atoms with Crippen molar-refractivity contribution in [1.29, 1.82) is 5.26 Å². The lowest BCUT2D eigenvalue weighted by atomic mass is 10.2. The first-order valence-corrected chi connectivity index (χ1v) is 8.60. The summed E-state index contributed by atoms with van der Waals surface area (Å²) < 4.78 is 1.42. The molecule has 0 fully saturated rings. The summed E-state index contributed by atoms with van der Waals surface area (Å²) in [7, 11) is 0. The van der Waals surface area contributed by atoms with Gasteiger partial charge in [0, 0.05) is 6.07 Å². The number of hydrogen-bond acceptors (Lipinski definition) is 9. The molecule has 0 aliphatic heterocycles. The molecule has 4 rings (SSSR count). The predicted molar refractivity (Wildman–Crippen MR) is 107 cm³/mol. The monoisotopic (exact) mass is 388 g/mol. The summed E-state index contributed by atoms with van der Waals surface area (Å²) in [5.74, 6) is 0.890. The lowest BCUT2D eigenvalue weighted by Gasteiger charge is -2.19. The predicted octanol–water partition coefficient (Wildman–Crippen LogP) is 1.11. The molecule has 11 nitrogen and oxygen atoms in total. The maximum absolute atomic E-state index is 13.2. The number of nitriles is 1. The van der Waals surface area contributed by atoms with Crippen molar-refractivity contribution >= 4 is 28.5 Å². The number of nitrogens with two attached hydrogens (primary N) is 2. The van der Waals surface area contributed by atoms with Gasteiger partial charge in [0.2, 0.25) is 5.95 Å². The minimum absolute atomic E-state index is 0.0351. The lowest BCUT2D eigenvalue weighted by molar-refractivity contribution is 0.719. The molecule has 0 saturated heterocycles. The highest BCUT2D eigenvalue weighted by atomic mass is 16.1. The van der Waals surface area contributed by atoms with Crippen molar-refractivity contribution < 1.29 is 0 Å². The minimum Gasteiger partial charge on any atom is -0.382 e. The second-order valence-electron chi connectivity index (χ2n) is 6.24. The summed E-state index contributed by atoms with van der Waals surface area (Å²) in [6.07, 6.45) is 1.54. The van der Waals surface area contributed by atoms with E-state index in [2.05, 4.69) is 30.5 Å². The smallest absolute Gasteiger partial charge is 0.267 e. The van der Waals surface area contributed by atoms with Crippen LogP contribution in [0, 0.1) is 11.3 Å². The summed E-state index contributed by atoms with van der Waals surface area (Å²) >= 11 is 0. The quantitative estimate of drug-likeness (QED) is 0.398. The fourth-order valence-corrected chi connectivity index (χ4v) is 3.03. The minimum atomic E-state index is -0.545. The Morgan fingerprint density at radius 3 is 2.72 bits per heavy atom. The molecule has 11 heteroatoms. The van der Waals surface area contributed by atoms with Crippen LogP contribution in [0.5, 0.6) is 0 Å². The Morgan fingerprint density at radius 1 is 1.21 bits per heavy atom. The third kappa shape index (κ3) is 3.08. The topological polar surface area (TPSA) is 177 Å². The van der Waals surface area contributed by atoms with Crippen LogP contribution in [0.3, 0.4) is 0 Å². The van der Waals surface area contributed by atoms with Crippen LogP contribution in [-0.4, -0.2) is 29.7 Å². The molecule has 0 radical (unpaired) electrons. The molecule has 3 aromatic heterocycles. The molecule has 6 N–H and O–H groups in total. The van der Waals surface area contributed by atoms with Crippen LogP contribution < -0.4 is 22.3 Å². The van der Waals surface area contributed by atoms with Crippen molar-refractivity contribution in [1.82, 2.24) is 29.7 Å². The van der Waals surface area contributed by atoms with Crippen LogP contribution in [0.15, 0.2) is 41.3 Å². The SMILES string of the molecule is C[C@H](Nc1nc(N)nc(N)c1C#N)c1nc2ccccc2c(=O)n1-c1ccn[nH]1. The third-order valence-corrected chi connectivity index (χ3v) is 4.34. The van der Waals surface area contributed by atoms with E-state index in [0.29, 0.717) is 22.5 Å². The number of para-hydroxylation sites is 1. The Balaban J connectivity index is 1.89. The van der Waals surface area contributed by atoms with Gasteiger partial charge in [-0.05, 0) is 19.1 Å². The molecule has 0 aliphatic carbocycles. The molecule has 29 heavy (non-hydrogen) atoms. The Hall–Kier alpha value is -4.46. The Kier molecular flexibility index (Phi) is 4.28. The molecule has 1 aromatic carbocycles. The second kappa shape index (κ2) is 6.93. The van der Waals surface area contributed by atoms with Gasteiger partial charge >= 0.3 is 0 Å². The standard InChI is InChI=1S/C18H16N10O/c1-9(23-15-11(8-19)14(20)25-18(21)26-15)16-24-12-5-3-2-4-10(12)17(29)28(16)13-6-7-22-27-13/h2-7,9H,1H3,(H,22,27)(H5,20,21,23,25,26)/t9-/m0/s1. The maximum atomic E-state index is 13.2. The van der Waals surface area contributed by atoms with E-state index in [0.717, 1.165) is 0 Å². The molecule has 0 saturated carbocycles. The molecular formula is C18H16N10O. The molecule has 0 spiro atoms. The average Bonchev–Trinajstić information content (AvgIpc) is 3.22. The highest BCUT2D eigenvalue weighted by molar-refractivity contribution is 5.78. The van der Waals surface area contributed by atoms with Crippen molar-refractivity contribution in [3.8, 4) is 11.9 Å². The number of nitrogens with one attached hydrogen (secondary N) is 2. The number of H-pyrrole nitrogens is 1. The van der Waals surface area contributed by atoms with E-state index in [-0.39, 0.29) is 28.7 Å². The van der Waals surface area contributed by atoms with E-state index in [9.17, 15) is 10.1 Å². The van der Waals surface area contributed by atoms with Crippen molar-refractivity contribution in [2.45, 2.75) is 13.0 Å². The van der Waals surface area contributed by atoms with Gasteiger partial charge in [-0.2, -0.15) is 20.3 Å². The van der Waals surface area contributed by atoms with Gasteiger partial charge < -0.3 is 16.8 Å². The van der Waals surface area contributed by atoms with E-state index in [1.807, 2.05) is 6.07 Å². The fraction of sp³-hybridized carbons (Fsp3) is 0.111. The van der Waals surface area contributed by atoms with Gasteiger partial charge in [0.05, 0.1) is 23.1 Å². The molecule has 0 amide bonds. The zero-order valence-corrected chi connectivity index (χ0v) is 15.3. The van der Waals surface area contributed by atoms with Crippen LogP contribution >= 0.6 is 0 Å². The molecule has 3 heterocycles. The van der Waals surface area contributed by atoms with E-state index in [1.165, 1.54) is 4.57 Å². The average molecular weight is 388 g/mol. The Labute approximate surface area is 164 Å². The number of nitrogen functional groups attached to an aromatic ring is 2. The van der Waals surface area contributed by atoms with Crippen LogP contribution in [0.1, 0.15) is 24.4 Å². The number of nitrogens with zero attached hydrogens (tertiary/aromatic N) is 6. The lowest BCUT2D eigenvalue weighted by Crippen LogP contribution is -2.28. The van der Waals surface area contributed by atoms with Crippen molar-refractivity contribution in [3.05, 3.63) is 58.3 Å². The number of aromatic amines is 1. The second-order valence-corrected chi connectivity index (χ2v) is 6.24. The van der Waals surface area contributed by atoms with Gasteiger partial charge in [-0.15, -0.1) is 0 Å². The third-order valence-electron chi connectivity index (χ3n) is 4.34. The molecule has 144 valence electrons. The van der Waals surface area contributed by atoms with Gasteiger partial charge in [0.1, 0.15) is 29.1 Å². The normalized spacial score (nSPS) is 11.9. The number of aromatic nitrogens is 6. The Bertz CT molecular complexity index is 1300. The molecular weight excluding hydrogens is 372 g/mol. The van der Waals surface area contributed by atoms with Crippen LogP contribution in [0.4, 0.5) is 17.6 Å². The van der Waals surface area contributed by atoms with Crippen LogP contribution in [0.25, 0.3) is 16.7 Å². The molecule has 4 aromatic rings. The number of fused-ring (bicyclic) bond motifs is 1. The largest absolute Gasteiger partial charge is 0.382 e. The number of benzene rings is 1. The number of rotatable bonds is 4. The van der Waals surface area contributed by atoms with Crippen molar-refractivity contribution in [2.75, 3.05) is 16.8 Å². The molecule has 0 aliphatic rings. The molecule has 0 unspecified atom stereocenters.